The number of aliphatic hydroxyl groups is 1. The Morgan fingerprint density at radius 2 is 2.09 bits per heavy atom. The summed E-state index contributed by atoms with van der Waals surface area (Å²) < 4.78 is 29.1. The number of halogens is 1. The summed E-state index contributed by atoms with van der Waals surface area (Å²) in [7, 11) is 1.56. The molecular formula is C31H36FN7O4. The predicted molar refractivity (Wildman–Crippen MR) is 157 cm³/mol. The highest BCUT2D eigenvalue weighted by Crippen LogP contribution is 2.37. The van der Waals surface area contributed by atoms with Gasteiger partial charge in [0.15, 0.2) is 23.1 Å². The Bertz CT molecular complexity index is 1630. The topological polar surface area (TPSA) is 110 Å². The molecule has 1 unspecified atom stereocenters. The molecule has 2 aliphatic heterocycles. The number of pyridine rings is 2. The van der Waals surface area contributed by atoms with Gasteiger partial charge in [-0.1, -0.05) is 6.58 Å². The summed E-state index contributed by atoms with van der Waals surface area (Å²) in [6.07, 6.45) is 7.06. The summed E-state index contributed by atoms with van der Waals surface area (Å²) in [4.78, 5) is 20.5. The van der Waals surface area contributed by atoms with Crippen molar-refractivity contribution in [2.45, 2.75) is 32.4 Å². The first-order valence-corrected chi connectivity index (χ1v) is 14.5. The van der Waals surface area contributed by atoms with Crippen LogP contribution in [0.2, 0.25) is 0 Å². The maximum Gasteiger partial charge on any atom is 0.245 e. The highest BCUT2D eigenvalue weighted by atomic mass is 19.1. The number of aliphatic hydroxyl groups excluding tert-OH is 1. The second kappa shape index (κ2) is 12.1. The van der Waals surface area contributed by atoms with E-state index in [-0.39, 0.29) is 12.5 Å². The summed E-state index contributed by atoms with van der Waals surface area (Å²) in [6.45, 7) is 10.5. The smallest absolute Gasteiger partial charge is 0.245 e. The number of amides is 1. The highest BCUT2D eigenvalue weighted by molar-refractivity contribution is 5.87. The fourth-order valence-electron chi connectivity index (χ4n) is 6.18. The Kier molecular flexibility index (Phi) is 8.13. The third-order valence-corrected chi connectivity index (χ3v) is 8.45. The molecule has 43 heavy (non-hydrogen) atoms. The molecule has 0 aliphatic carbocycles. The van der Waals surface area contributed by atoms with Gasteiger partial charge in [0.05, 0.1) is 44.0 Å². The summed E-state index contributed by atoms with van der Waals surface area (Å²) in [5, 5.41) is 19.6. The molecule has 0 saturated carbocycles. The summed E-state index contributed by atoms with van der Waals surface area (Å²) in [5.41, 5.74) is 4.93. The number of fused-ring (bicyclic) bond motifs is 2. The van der Waals surface area contributed by atoms with Gasteiger partial charge in [-0.15, -0.1) is 0 Å². The van der Waals surface area contributed by atoms with E-state index in [9.17, 15) is 14.3 Å². The second-order valence-electron chi connectivity index (χ2n) is 11.1. The molecule has 226 valence electrons. The van der Waals surface area contributed by atoms with Gasteiger partial charge in [0.2, 0.25) is 5.91 Å². The van der Waals surface area contributed by atoms with Crippen molar-refractivity contribution in [2.24, 2.45) is 5.92 Å². The van der Waals surface area contributed by atoms with Gasteiger partial charge in [-0.05, 0) is 49.1 Å². The normalized spacial score (nSPS) is 18.0. The minimum Gasteiger partial charge on any atom is -0.493 e. The second-order valence-corrected chi connectivity index (χ2v) is 11.1. The van der Waals surface area contributed by atoms with Crippen LogP contribution in [-0.4, -0.2) is 91.6 Å². The Hall–Kier alpha value is -4.29. The number of hydrogen-bond acceptors (Lipinski definition) is 8. The van der Waals surface area contributed by atoms with Crippen LogP contribution in [0.4, 0.5) is 4.39 Å². The number of rotatable bonds is 9. The fourth-order valence-corrected chi connectivity index (χ4v) is 6.18. The van der Waals surface area contributed by atoms with E-state index < -0.39 is 11.9 Å². The minimum atomic E-state index is -0.827. The number of carbonyl (C=O) groups excluding carboxylic acids is 1. The van der Waals surface area contributed by atoms with Crippen molar-refractivity contribution in [2.75, 3.05) is 46.4 Å². The van der Waals surface area contributed by atoms with E-state index in [4.69, 9.17) is 14.6 Å². The Balaban J connectivity index is 1.24. The zero-order chi connectivity index (χ0) is 30.1. The van der Waals surface area contributed by atoms with Crippen molar-refractivity contribution in [1.82, 2.24) is 34.2 Å². The summed E-state index contributed by atoms with van der Waals surface area (Å²) >= 11 is 0. The number of aromatic nitrogens is 5. The van der Waals surface area contributed by atoms with Crippen LogP contribution in [0, 0.1) is 18.7 Å². The molecule has 4 aromatic rings. The van der Waals surface area contributed by atoms with E-state index in [1.807, 2.05) is 17.2 Å². The standard InChI is InChI=1S/C31H36FN7O4/c1-4-29(41)37-10-7-21(17-37)16-36-9-8-25-20(2)30(35-38(25)12-11-36)22-13-26(31-27(42-3)15-34-39(31)18-22)43-28(19-40)24-6-5-23(32)14-33-24/h4-6,13-15,18,21,28,40H,1,7-12,16-17,19H2,2-3H3/t21?,28-/m1/s1. The molecule has 0 bridgehead atoms. The predicted octanol–water partition coefficient (Wildman–Crippen LogP) is 3.05. The van der Waals surface area contributed by atoms with Gasteiger partial charge < -0.3 is 24.4 Å². The number of hydrogen-bond donors (Lipinski definition) is 1. The average molecular weight is 590 g/mol. The van der Waals surface area contributed by atoms with Crippen LogP contribution in [-0.2, 0) is 17.8 Å². The zero-order valence-electron chi connectivity index (χ0n) is 24.4. The number of likely N-dealkylation sites (tertiary alicyclic amines) is 1. The van der Waals surface area contributed by atoms with Gasteiger partial charge in [0, 0.05) is 56.6 Å². The van der Waals surface area contributed by atoms with Gasteiger partial charge in [-0.2, -0.15) is 10.2 Å². The van der Waals surface area contributed by atoms with E-state index in [1.165, 1.54) is 23.9 Å². The van der Waals surface area contributed by atoms with Crippen LogP contribution in [0.15, 0.2) is 49.4 Å². The first-order chi connectivity index (χ1) is 20.9. The van der Waals surface area contributed by atoms with Crippen molar-refractivity contribution in [3.63, 3.8) is 0 Å². The van der Waals surface area contributed by atoms with Crippen LogP contribution in [0.25, 0.3) is 16.8 Å². The van der Waals surface area contributed by atoms with Crippen LogP contribution in [0.5, 0.6) is 11.5 Å². The lowest BCUT2D eigenvalue weighted by Gasteiger charge is -2.23. The minimum absolute atomic E-state index is 0.0148. The van der Waals surface area contributed by atoms with Crippen molar-refractivity contribution < 1.29 is 23.8 Å². The largest absolute Gasteiger partial charge is 0.493 e. The van der Waals surface area contributed by atoms with E-state index >= 15 is 0 Å². The molecule has 6 rings (SSSR count). The zero-order valence-corrected chi connectivity index (χ0v) is 24.4. The Morgan fingerprint density at radius 1 is 1.23 bits per heavy atom. The number of methoxy groups -OCH3 is 1. The Labute approximate surface area is 249 Å². The molecule has 1 fully saturated rings. The third-order valence-electron chi connectivity index (χ3n) is 8.45. The van der Waals surface area contributed by atoms with E-state index in [2.05, 4.69) is 33.2 Å². The Morgan fingerprint density at radius 3 is 2.84 bits per heavy atom. The molecule has 4 aromatic heterocycles. The number of carbonyl (C=O) groups is 1. The van der Waals surface area contributed by atoms with Gasteiger partial charge in [-0.3, -0.25) is 14.5 Å². The van der Waals surface area contributed by atoms with Crippen molar-refractivity contribution in [1.29, 1.82) is 0 Å². The maximum atomic E-state index is 13.5. The lowest BCUT2D eigenvalue weighted by atomic mass is 10.1. The lowest BCUT2D eigenvalue weighted by molar-refractivity contribution is -0.125. The lowest BCUT2D eigenvalue weighted by Crippen LogP contribution is -2.34. The first kappa shape index (κ1) is 28.8. The molecular weight excluding hydrogens is 553 g/mol. The maximum absolute atomic E-state index is 13.5. The van der Waals surface area contributed by atoms with Crippen LogP contribution in [0.3, 0.4) is 0 Å². The van der Waals surface area contributed by atoms with Crippen LogP contribution in [0.1, 0.15) is 29.5 Å². The summed E-state index contributed by atoms with van der Waals surface area (Å²) in [5.74, 6) is 0.968. The molecule has 2 atom stereocenters. The molecule has 0 radical (unpaired) electrons. The van der Waals surface area contributed by atoms with Crippen molar-refractivity contribution in [3.8, 4) is 22.8 Å². The quantitative estimate of drug-likeness (QED) is 0.297. The summed E-state index contributed by atoms with van der Waals surface area (Å²) in [6, 6.07) is 4.66. The average Bonchev–Trinajstić information content (AvgIpc) is 3.70. The highest BCUT2D eigenvalue weighted by Gasteiger charge is 2.28. The monoisotopic (exact) mass is 589 g/mol. The van der Waals surface area contributed by atoms with Crippen molar-refractivity contribution >= 4 is 11.4 Å². The number of ether oxygens (including phenoxy) is 2. The van der Waals surface area contributed by atoms with Crippen molar-refractivity contribution in [3.05, 3.63) is 72.2 Å². The van der Waals surface area contributed by atoms with Gasteiger partial charge in [-0.25, -0.2) is 8.91 Å². The first-order valence-electron chi connectivity index (χ1n) is 14.5. The van der Waals surface area contributed by atoms with Crippen LogP contribution >= 0.6 is 0 Å². The molecule has 6 heterocycles. The molecule has 1 N–H and O–H groups in total. The van der Waals surface area contributed by atoms with E-state index in [0.29, 0.717) is 28.6 Å². The third kappa shape index (κ3) is 5.72. The molecule has 0 spiro atoms. The van der Waals surface area contributed by atoms with E-state index in [0.717, 1.165) is 75.1 Å². The van der Waals surface area contributed by atoms with Crippen LogP contribution < -0.4 is 9.47 Å². The molecule has 11 nitrogen and oxygen atoms in total. The molecule has 2 aliphatic rings. The van der Waals surface area contributed by atoms with Gasteiger partial charge in [0.25, 0.3) is 0 Å². The molecule has 1 saturated heterocycles. The fraction of sp³-hybridized carbons (Fsp3) is 0.419. The SMILES string of the molecule is C=CC(=O)N1CCC(CN2CCc3c(C)c(-c4cc(O[C@H](CO)c5ccc(F)cn5)c5c(OC)cnn5c4)nn3CC2)C1. The molecule has 12 heteroatoms. The molecule has 0 aromatic carbocycles. The molecule has 1 amide bonds. The van der Waals surface area contributed by atoms with E-state index in [1.54, 1.807) is 17.8 Å². The van der Waals surface area contributed by atoms with Gasteiger partial charge in [0.1, 0.15) is 5.82 Å². The number of nitrogens with zero attached hydrogens (tertiary/aromatic N) is 7. The van der Waals surface area contributed by atoms with Gasteiger partial charge >= 0.3 is 0 Å².